The van der Waals surface area contributed by atoms with Crippen molar-refractivity contribution in [1.82, 2.24) is 15.0 Å². The lowest BCUT2D eigenvalue weighted by Gasteiger charge is -2.25. The standard InChI is InChI=1S/C9H15N3/c1-8-2-4-9(5-3-8)12-7-6-10-11-12/h6-9H,2-5H2,1H3. The molecule has 66 valence electrons. The zero-order valence-corrected chi connectivity index (χ0v) is 7.48. The molecule has 0 atom stereocenters. The van der Waals surface area contributed by atoms with Crippen LogP contribution in [0.15, 0.2) is 12.4 Å². The molecule has 0 spiro atoms. The molecule has 12 heavy (non-hydrogen) atoms. The second-order valence-corrected chi connectivity index (χ2v) is 3.80. The van der Waals surface area contributed by atoms with E-state index in [1.807, 2.05) is 10.9 Å². The van der Waals surface area contributed by atoms with Gasteiger partial charge < -0.3 is 0 Å². The van der Waals surface area contributed by atoms with E-state index in [1.165, 1.54) is 25.7 Å². The third kappa shape index (κ3) is 1.49. The number of hydrogen-bond acceptors (Lipinski definition) is 2. The van der Waals surface area contributed by atoms with Crippen molar-refractivity contribution >= 4 is 0 Å². The van der Waals surface area contributed by atoms with E-state index < -0.39 is 0 Å². The van der Waals surface area contributed by atoms with Gasteiger partial charge in [0.2, 0.25) is 0 Å². The minimum absolute atomic E-state index is 0.615. The zero-order valence-electron chi connectivity index (χ0n) is 7.48. The first-order chi connectivity index (χ1) is 5.86. The van der Waals surface area contributed by atoms with E-state index in [0.717, 1.165) is 5.92 Å². The van der Waals surface area contributed by atoms with Gasteiger partial charge in [-0.15, -0.1) is 5.10 Å². The van der Waals surface area contributed by atoms with Crippen LogP contribution in [-0.4, -0.2) is 15.0 Å². The lowest BCUT2D eigenvalue weighted by Crippen LogP contribution is -2.17. The van der Waals surface area contributed by atoms with Gasteiger partial charge in [-0.3, -0.25) is 0 Å². The average Bonchev–Trinajstić information content (AvgIpc) is 2.58. The van der Waals surface area contributed by atoms with E-state index in [2.05, 4.69) is 17.2 Å². The van der Waals surface area contributed by atoms with E-state index in [4.69, 9.17) is 0 Å². The van der Waals surface area contributed by atoms with E-state index in [-0.39, 0.29) is 0 Å². The van der Waals surface area contributed by atoms with Crippen molar-refractivity contribution in [3.63, 3.8) is 0 Å². The summed E-state index contributed by atoms with van der Waals surface area (Å²) < 4.78 is 2.01. The highest BCUT2D eigenvalue weighted by atomic mass is 15.4. The van der Waals surface area contributed by atoms with Crippen molar-refractivity contribution in [2.24, 2.45) is 5.92 Å². The minimum atomic E-state index is 0.615. The molecule has 1 aromatic rings. The van der Waals surface area contributed by atoms with E-state index in [9.17, 15) is 0 Å². The summed E-state index contributed by atoms with van der Waals surface area (Å²) in [4.78, 5) is 0. The van der Waals surface area contributed by atoms with Gasteiger partial charge in [0.05, 0.1) is 12.2 Å². The fourth-order valence-electron chi connectivity index (χ4n) is 1.92. The molecule has 1 aromatic heterocycles. The largest absolute Gasteiger partial charge is 0.250 e. The summed E-state index contributed by atoms with van der Waals surface area (Å²) in [7, 11) is 0. The van der Waals surface area contributed by atoms with Crippen LogP contribution in [0.25, 0.3) is 0 Å². The topological polar surface area (TPSA) is 30.7 Å². The van der Waals surface area contributed by atoms with Crippen LogP contribution in [0.5, 0.6) is 0 Å². The first-order valence-corrected chi connectivity index (χ1v) is 4.72. The van der Waals surface area contributed by atoms with Crippen molar-refractivity contribution < 1.29 is 0 Å². The van der Waals surface area contributed by atoms with E-state index in [0.29, 0.717) is 6.04 Å². The summed E-state index contributed by atoms with van der Waals surface area (Å²) in [6, 6.07) is 0.615. The Labute approximate surface area is 72.8 Å². The second kappa shape index (κ2) is 3.25. The SMILES string of the molecule is CC1CCC(n2ccnn2)CC1. The number of aromatic nitrogens is 3. The fourth-order valence-corrected chi connectivity index (χ4v) is 1.92. The average molecular weight is 165 g/mol. The van der Waals surface area contributed by atoms with Crippen LogP contribution >= 0.6 is 0 Å². The Morgan fingerprint density at radius 3 is 2.58 bits per heavy atom. The van der Waals surface area contributed by atoms with Crippen LogP contribution in [0.1, 0.15) is 38.6 Å². The predicted octanol–water partition coefficient (Wildman–Crippen LogP) is 2.03. The van der Waals surface area contributed by atoms with Gasteiger partial charge in [0.15, 0.2) is 0 Å². The Morgan fingerprint density at radius 1 is 1.25 bits per heavy atom. The molecule has 1 aliphatic carbocycles. The smallest absolute Gasteiger partial charge is 0.0693 e. The molecule has 0 saturated heterocycles. The molecule has 0 unspecified atom stereocenters. The van der Waals surface area contributed by atoms with Gasteiger partial charge in [0.25, 0.3) is 0 Å². The Kier molecular flexibility index (Phi) is 2.11. The Bertz CT molecular complexity index is 222. The highest BCUT2D eigenvalue weighted by Crippen LogP contribution is 2.30. The molecule has 2 rings (SSSR count). The van der Waals surface area contributed by atoms with Gasteiger partial charge in [-0.2, -0.15) is 0 Å². The molecule has 3 nitrogen and oxygen atoms in total. The quantitative estimate of drug-likeness (QED) is 0.637. The van der Waals surface area contributed by atoms with Crippen LogP contribution < -0.4 is 0 Å². The lowest BCUT2D eigenvalue weighted by molar-refractivity contribution is 0.270. The van der Waals surface area contributed by atoms with Crippen LogP contribution in [-0.2, 0) is 0 Å². The summed E-state index contributed by atoms with van der Waals surface area (Å²) in [6.07, 6.45) is 8.95. The van der Waals surface area contributed by atoms with Gasteiger partial charge in [-0.25, -0.2) is 4.68 Å². The Balaban J connectivity index is 1.99. The van der Waals surface area contributed by atoms with Gasteiger partial charge in [-0.1, -0.05) is 12.1 Å². The fraction of sp³-hybridized carbons (Fsp3) is 0.778. The van der Waals surface area contributed by atoms with Crippen molar-refractivity contribution in [2.75, 3.05) is 0 Å². The third-order valence-corrected chi connectivity index (χ3v) is 2.80. The van der Waals surface area contributed by atoms with Gasteiger partial charge in [0, 0.05) is 6.20 Å². The minimum Gasteiger partial charge on any atom is -0.250 e. The van der Waals surface area contributed by atoms with E-state index in [1.54, 1.807) is 6.20 Å². The third-order valence-electron chi connectivity index (χ3n) is 2.80. The summed E-state index contributed by atoms with van der Waals surface area (Å²) in [6.45, 7) is 2.33. The van der Waals surface area contributed by atoms with Crippen LogP contribution in [0.2, 0.25) is 0 Å². The van der Waals surface area contributed by atoms with Crippen molar-refractivity contribution in [3.05, 3.63) is 12.4 Å². The maximum atomic E-state index is 4.03. The van der Waals surface area contributed by atoms with Crippen molar-refractivity contribution in [1.29, 1.82) is 0 Å². The highest BCUT2D eigenvalue weighted by molar-refractivity contribution is 4.77. The summed E-state index contributed by atoms with van der Waals surface area (Å²) in [5, 5.41) is 7.86. The van der Waals surface area contributed by atoms with Crippen LogP contribution in [0.3, 0.4) is 0 Å². The molecule has 0 amide bonds. The molecule has 1 fully saturated rings. The molecular formula is C9H15N3. The normalized spacial score (nSPS) is 30.4. The Morgan fingerprint density at radius 2 is 2.00 bits per heavy atom. The van der Waals surface area contributed by atoms with Crippen LogP contribution in [0, 0.1) is 5.92 Å². The van der Waals surface area contributed by atoms with E-state index >= 15 is 0 Å². The molecule has 0 bridgehead atoms. The zero-order chi connectivity index (χ0) is 8.39. The summed E-state index contributed by atoms with van der Waals surface area (Å²) in [5.74, 6) is 0.907. The maximum Gasteiger partial charge on any atom is 0.0693 e. The molecule has 0 aliphatic heterocycles. The molecule has 1 saturated carbocycles. The molecular weight excluding hydrogens is 150 g/mol. The summed E-state index contributed by atoms with van der Waals surface area (Å²) >= 11 is 0. The predicted molar refractivity (Wildman–Crippen MR) is 46.7 cm³/mol. The Hall–Kier alpha value is -0.860. The highest BCUT2D eigenvalue weighted by Gasteiger charge is 2.19. The van der Waals surface area contributed by atoms with Gasteiger partial charge >= 0.3 is 0 Å². The second-order valence-electron chi connectivity index (χ2n) is 3.80. The number of hydrogen-bond donors (Lipinski definition) is 0. The van der Waals surface area contributed by atoms with Gasteiger partial charge in [0.1, 0.15) is 0 Å². The first-order valence-electron chi connectivity index (χ1n) is 4.72. The van der Waals surface area contributed by atoms with Gasteiger partial charge in [-0.05, 0) is 31.6 Å². The molecule has 1 aliphatic rings. The monoisotopic (exact) mass is 165 g/mol. The lowest BCUT2D eigenvalue weighted by atomic mass is 9.87. The number of rotatable bonds is 1. The summed E-state index contributed by atoms with van der Waals surface area (Å²) in [5.41, 5.74) is 0. The van der Waals surface area contributed by atoms with Crippen LogP contribution in [0.4, 0.5) is 0 Å². The molecule has 0 N–H and O–H groups in total. The number of nitrogens with zero attached hydrogens (tertiary/aromatic N) is 3. The molecule has 1 heterocycles. The maximum absolute atomic E-state index is 4.03. The van der Waals surface area contributed by atoms with Crippen molar-refractivity contribution in [2.45, 2.75) is 38.6 Å². The molecule has 0 aromatic carbocycles. The van der Waals surface area contributed by atoms with Crippen molar-refractivity contribution in [3.8, 4) is 0 Å². The molecule has 0 radical (unpaired) electrons. The first kappa shape index (κ1) is 7.77. The molecule has 3 heteroatoms.